The van der Waals surface area contributed by atoms with Gasteiger partial charge in [0.15, 0.2) is 0 Å². The van der Waals surface area contributed by atoms with Gasteiger partial charge in [0.1, 0.15) is 0 Å². The lowest BCUT2D eigenvalue weighted by Crippen LogP contribution is -1.95. The summed E-state index contributed by atoms with van der Waals surface area (Å²) >= 11 is 6.59. The zero-order valence-electron chi connectivity index (χ0n) is 12.6. The van der Waals surface area contributed by atoms with E-state index in [0.29, 0.717) is 5.92 Å². The first kappa shape index (κ1) is 15.1. The Kier molecular flexibility index (Phi) is 5.25. The molecule has 0 radical (unpaired) electrons. The summed E-state index contributed by atoms with van der Waals surface area (Å²) in [6.07, 6.45) is 2.32. The zero-order chi connectivity index (χ0) is 14.5. The molecule has 1 atom stereocenters. The maximum atomic E-state index is 6.59. The summed E-state index contributed by atoms with van der Waals surface area (Å²) < 4.78 is 0. The van der Waals surface area contributed by atoms with E-state index >= 15 is 0 Å². The summed E-state index contributed by atoms with van der Waals surface area (Å²) in [4.78, 5) is 0. The SMILES string of the molecule is CCCc1ccc(C(Cl)c2ccc(C(C)C)cc2)cc1. The zero-order valence-corrected chi connectivity index (χ0v) is 13.3. The van der Waals surface area contributed by atoms with E-state index in [4.69, 9.17) is 11.6 Å². The van der Waals surface area contributed by atoms with Crippen molar-refractivity contribution in [3.63, 3.8) is 0 Å². The number of hydrogen-bond donors (Lipinski definition) is 0. The number of rotatable bonds is 5. The molecule has 0 nitrogen and oxygen atoms in total. The van der Waals surface area contributed by atoms with Crippen LogP contribution in [0.15, 0.2) is 48.5 Å². The lowest BCUT2D eigenvalue weighted by atomic mass is 9.98. The van der Waals surface area contributed by atoms with Crippen LogP contribution in [0, 0.1) is 0 Å². The standard InChI is InChI=1S/C19H23Cl/c1-4-5-15-6-8-17(9-7-15)19(20)18-12-10-16(11-13-18)14(2)3/h6-14,19H,4-5H2,1-3H3. The van der Waals surface area contributed by atoms with Crippen LogP contribution in [0.4, 0.5) is 0 Å². The van der Waals surface area contributed by atoms with Crippen molar-refractivity contribution in [2.75, 3.05) is 0 Å². The molecule has 2 aromatic carbocycles. The predicted molar refractivity (Wildman–Crippen MR) is 88.7 cm³/mol. The van der Waals surface area contributed by atoms with Crippen LogP contribution in [0.25, 0.3) is 0 Å². The highest BCUT2D eigenvalue weighted by Crippen LogP contribution is 2.30. The van der Waals surface area contributed by atoms with Gasteiger partial charge in [-0.2, -0.15) is 0 Å². The van der Waals surface area contributed by atoms with E-state index in [1.54, 1.807) is 0 Å². The average molecular weight is 287 g/mol. The Bertz CT molecular complexity index is 523. The molecule has 0 saturated heterocycles. The molecule has 0 saturated carbocycles. The minimum Gasteiger partial charge on any atom is -0.113 e. The van der Waals surface area contributed by atoms with Crippen LogP contribution in [-0.2, 0) is 6.42 Å². The lowest BCUT2D eigenvalue weighted by molar-refractivity contribution is 0.865. The fourth-order valence-electron chi connectivity index (χ4n) is 2.38. The van der Waals surface area contributed by atoms with E-state index in [2.05, 4.69) is 69.3 Å². The number of hydrogen-bond acceptors (Lipinski definition) is 0. The van der Waals surface area contributed by atoms with E-state index in [1.807, 2.05) is 0 Å². The van der Waals surface area contributed by atoms with E-state index in [9.17, 15) is 0 Å². The van der Waals surface area contributed by atoms with Crippen molar-refractivity contribution in [3.8, 4) is 0 Å². The van der Waals surface area contributed by atoms with Gasteiger partial charge in [-0.1, -0.05) is 75.7 Å². The Morgan fingerprint density at radius 3 is 1.70 bits per heavy atom. The smallest absolute Gasteiger partial charge is 0.0835 e. The van der Waals surface area contributed by atoms with Crippen molar-refractivity contribution in [2.45, 2.75) is 44.9 Å². The summed E-state index contributed by atoms with van der Waals surface area (Å²) in [5, 5.41) is -0.0631. The van der Waals surface area contributed by atoms with Gasteiger partial charge >= 0.3 is 0 Å². The molecular weight excluding hydrogens is 264 g/mol. The van der Waals surface area contributed by atoms with Crippen LogP contribution in [0.5, 0.6) is 0 Å². The van der Waals surface area contributed by atoms with Crippen molar-refractivity contribution < 1.29 is 0 Å². The number of halogens is 1. The molecule has 2 aromatic rings. The third-order valence-electron chi connectivity index (χ3n) is 3.71. The third kappa shape index (κ3) is 3.64. The number of alkyl halides is 1. The van der Waals surface area contributed by atoms with Crippen molar-refractivity contribution in [1.82, 2.24) is 0 Å². The molecule has 0 aliphatic rings. The Labute approximate surface area is 127 Å². The molecule has 0 aliphatic heterocycles. The van der Waals surface area contributed by atoms with Crippen molar-refractivity contribution in [2.24, 2.45) is 0 Å². The first-order chi connectivity index (χ1) is 9.61. The average Bonchev–Trinajstić information content (AvgIpc) is 2.48. The Morgan fingerprint density at radius 1 is 0.800 bits per heavy atom. The molecule has 0 aromatic heterocycles. The minimum atomic E-state index is -0.0631. The molecule has 2 rings (SSSR count). The maximum absolute atomic E-state index is 6.59. The van der Waals surface area contributed by atoms with E-state index in [1.165, 1.54) is 28.7 Å². The molecule has 20 heavy (non-hydrogen) atoms. The molecule has 106 valence electrons. The molecule has 0 amide bonds. The molecule has 0 spiro atoms. The molecule has 1 unspecified atom stereocenters. The van der Waals surface area contributed by atoms with Gasteiger partial charge in [0, 0.05) is 0 Å². The van der Waals surface area contributed by atoms with Crippen LogP contribution < -0.4 is 0 Å². The monoisotopic (exact) mass is 286 g/mol. The van der Waals surface area contributed by atoms with Crippen LogP contribution >= 0.6 is 11.6 Å². The maximum Gasteiger partial charge on any atom is 0.0835 e. The van der Waals surface area contributed by atoms with E-state index in [-0.39, 0.29) is 5.38 Å². The highest BCUT2D eigenvalue weighted by Gasteiger charge is 2.11. The second-order valence-corrected chi connectivity index (χ2v) is 6.11. The van der Waals surface area contributed by atoms with Gasteiger partial charge in [-0.15, -0.1) is 11.6 Å². The summed E-state index contributed by atoms with van der Waals surface area (Å²) in [6.45, 7) is 6.62. The third-order valence-corrected chi connectivity index (χ3v) is 4.21. The molecule has 0 heterocycles. The van der Waals surface area contributed by atoms with Crippen LogP contribution in [0.1, 0.15) is 60.7 Å². The number of benzene rings is 2. The quantitative estimate of drug-likeness (QED) is 0.583. The van der Waals surface area contributed by atoms with Crippen molar-refractivity contribution in [1.29, 1.82) is 0 Å². The Hall–Kier alpha value is -1.27. The van der Waals surface area contributed by atoms with Gasteiger partial charge in [0.05, 0.1) is 5.38 Å². The van der Waals surface area contributed by atoms with Crippen LogP contribution in [0.2, 0.25) is 0 Å². The molecule has 0 aliphatic carbocycles. The fraction of sp³-hybridized carbons (Fsp3) is 0.368. The second-order valence-electron chi connectivity index (χ2n) is 5.68. The predicted octanol–water partition coefficient (Wildman–Crippen LogP) is 6.09. The van der Waals surface area contributed by atoms with Gasteiger partial charge in [-0.25, -0.2) is 0 Å². The van der Waals surface area contributed by atoms with Crippen LogP contribution in [-0.4, -0.2) is 0 Å². The minimum absolute atomic E-state index is 0.0631. The van der Waals surface area contributed by atoms with Gasteiger partial charge in [0.2, 0.25) is 0 Å². The summed E-state index contributed by atoms with van der Waals surface area (Å²) in [5.41, 5.74) is 5.08. The summed E-state index contributed by atoms with van der Waals surface area (Å²) in [7, 11) is 0. The number of aryl methyl sites for hydroxylation is 1. The summed E-state index contributed by atoms with van der Waals surface area (Å²) in [6, 6.07) is 17.3. The van der Waals surface area contributed by atoms with Gasteiger partial charge in [0.25, 0.3) is 0 Å². The largest absolute Gasteiger partial charge is 0.113 e. The summed E-state index contributed by atoms with van der Waals surface area (Å²) in [5.74, 6) is 0.561. The lowest BCUT2D eigenvalue weighted by Gasteiger charge is -2.13. The molecule has 1 heteroatoms. The van der Waals surface area contributed by atoms with E-state index in [0.717, 1.165) is 6.42 Å². The molecular formula is C19H23Cl. The fourth-order valence-corrected chi connectivity index (χ4v) is 2.68. The molecule has 0 N–H and O–H groups in total. The second kappa shape index (κ2) is 6.95. The Balaban J connectivity index is 2.15. The highest BCUT2D eigenvalue weighted by molar-refractivity contribution is 6.22. The topological polar surface area (TPSA) is 0 Å². The highest BCUT2D eigenvalue weighted by atomic mass is 35.5. The van der Waals surface area contributed by atoms with Crippen molar-refractivity contribution >= 4 is 11.6 Å². The van der Waals surface area contributed by atoms with E-state index < -0.39 is 0 Å². The first-order valence-corrected chi connectivity index (χ1v) is 7.88. The van der Waals surface area contributed by atoms with Gasteiger partial charge < -0.3 is 0 Å². The van der Waals surface area contributed by atoms with Crippen LogP contribution in [0.3, 0.4) is 0 Å². The molecule has 0 bridgehead atoms. The Morgan fingerprint density at radius 2 is 1.25 bits per heavy atom. The molecule has 0 fully saturated rings. The van der Waals surface area contributed by atoms with Gasteiger partial charge in [-0.05, 0) is 34.6 Å². The first-order valence-electron chi connectivity index (χ1n) is 7.44. The van der Waals surface area contributed by atoms with Crippen molar-refractivity contribution in [3.05, 3.63) is 70.8 Å². The van der Waals surface area contributed by atoms with Gasteiger partial charge in [-0.3, -0.25) is 0 Å². The normalized spacial score (nSPS) is 12.7.